The number of benzene rings is 1. The summed E-state index contributed by atoms with van der Waals surface area (Å²) in [6.45, 7) is 2.09. The number of aryl methyl sites for hydroxylation is 1. The number of carbonyl (C=O) groups is 1. The van der Waals surface area contributed by atoms with Crippen molar-refractivity contribution < 1.29 is 14.4 Å². The Morgan fingerprint density at radius 2 is 2.05 bits per heavy atom. The number of halogens is 1. The molecule has 0 N–H and O–H groups in total. The number of hydrogen-bond donors (Lipinski definition) is 0. The fourth-order valence-electron chi connectivity index (χ4n) is 1.61. The van der Waals surface area contributed by atoms with Crippen LogP contribution in [0.15, 0.2) is 24.3 Å². The summed E-state index contributed by atoms with van der Waals surface area (Å²) in [7, 11) is 3.00. The number of hydrogen-bond acceptors (Lipinski definition) is 5. The number of nitrogens with zero attached hydrogens (tertiary/aromatic N) is 2. The second-order valence-corrected chi connectivity index (χ2v) is 5.77. The Morgan fingerprint density at radius 3 is 2.67 bits per heavy atom. The van der Waals surface area contributed by atoms with E-state index in [2.05, 4.69) is 4.98 Å². The van der Waals surface area contributed by atoms with Crippen LogP contribution in [0.5, 0.6) is 5.75 Å². The number of ether oxygens (including phenoxy) is 1. The van der Waals surface area contributed by atoms with Crippen LogP contribution in [0, 0.1) is 6.92 Å². The van der Waals surface area contributed by atoms with Gasteiger partial charge in [-0.2, -0.15) is 0 Å². The largest absolute Gasteiger partial charge is 0.486 e. The SMILES string of the molecule is CON(C)C(=O)c1sc(COc2ccc(Cl)cc2)nc1C. The van der Waals surface area contributed by atoms with E-state index in [0.717, 1.165) is 5.01 Å². The summed E-state index contributed by atoms with van der Waals surface area (Å²) < 4.78 is 5.62. The fraction of sp³-hybridized carbons (Fsp3) is 0.286. The molecule has 2 rings (SSSR count). The van der Waals surface area contributed by atoms with Crippen molar-refractivity contribution >= 4 is 28.8 Å². The van der Waals surface area contributed by atoms with Crippen molar-refractivity contribution in [3.8, 4) is 5.75 Å². The maximum Gasteiger partial charge on any atom is 0.289 e. The Balaban J connectivity index is 2.05. The molecular formula is C14H15ClN2O3S. The van der Waals surface area contributed by atoms with Gasteiger partial charge in [-0.1, -0.05) is 11.6 Å². The van der Waals surface area contributed by atoms with Crippen molar-refractivity contribution in [3.63, 3.8) is 0 Å². The quantitative estimate of drug-likeness (QED) is 0.791. The van der Waals surface area contributed by atoms with Crippen molar-refractivity contribution in [2.24, 2.45) is 0 Å². The summed E-state index contributed by atoms with van der Waals surface area (Å²) in [5.74, 6) is 0.486. The number of rotatable bonds is 5. The minimum absolute atomic E-state index is 0.217. The van der Waals surface area contributed by atoms with E-state index in [1.54, 1.807) is 38.2 Å². The molecule has 1 amide bonds. The molecule has 2 aromatic rings. The van der Waals surface area contributed by atoms with E-state index >= 15 is 0 Å². The Bertz CT molecular complexity index is 628. The fourth-order valence-corrected chi connectivity index (χ4v) is 2.69. The van der Waals surface area contributed by atoms with Gasteiger partial charge in [-0.05, 0) is 31.2 Å². The highest BCUT2D eigenvalue weighted by Crippen LogP contribution is 2.22. The zero-order valence-electron chi connectivity index (χ0n) is 11.9. The van der Waals surface area contributed by atoms with Crippen LogP contribution in [-0.4, -0.2) is 30.1 Å². The summed E-state index contributed by atoms with van der Waals surface area (Å²) >= 11 is 7.11. The average molecular weight is 327 g/mol. The van der Waals surface area contributed by atoms with Gasteiger partial charge in [0.1, 0.15) is 22.2 Å². The summed E-state index contributed by atoms with van der Waals surface area (Å²) in [4.78, 5) is 21.8. The Kier molecular flexibility index (Phi) is 5.17. The third kappa shape index (κ3) is 3.93. The normalized spacial score (nSPS) is 10.5. The molecular weight excluding hydrogens is 312 g/mol. The topological polar surface area (TPSA) is 51.7 Å². The van der Waals surface area contributed by atoms with Gasteiger partial charge in [0.2, 0.25) is 0 Å². The van der Waals surface area contributed by atoms with E-state index in [0.29, 0.717) is 28.0 Å². The van der Waals surface area contributed by atoms with Gasteiger partial charge in [-0.15, -0.1) is 11.3 Å². The molecule has 0 aliphatic heterocycles. The van der Waals surface area contributed by atoms with E-state index < -0.39 is 0 Å². The van der Waals surface area contributed by atoms with Crippen LogP contribution in [0.4, 0.5) is 0 Å². The first-order valence-electron chi connectivity index (χ1n) is 6.18. The second-order valence-electron chi connectivity index (χ2n) is 4.25. The Morgan fingerprint density at radius 1 is 1.38 bits per heavy atom. The first kappa shape index (κ1) is 15.8. The average Bonchev–Trinajstić information content (AvgIpc) is 2.86. The summed E-state index contributed by atoms with van der Waals surface area (Å²) in [6.07, 6.45) is 0. The summed E-state index contributed by atoms with van der Waals surface area (Å²) in [5.41, 5.74) is 0.670. The lowest BCUT2D eigenvalue weighted by atomic mass is 10.3. The van der Waals surface area contributed by atoms with Crippen molar-refractivity contribution in [2.75, 3.05) is 14.2 Å². The van der Waals surface area contributed by atoms with Gasteiger partial charge in [-0.3, -0.25) is 9.63 Å². The van der Waals surface area contributed by atoms with Crippen LogP contribution in [0.3, 0.4) is 0 Å². The molecule has 0 saturated carbocycles. The molecule has 0 fully saturated rings. The highest BCUT2D eigenvalue weighted by molar-refractivity contribution is 7.13. The Labute approximate surface area is 132 Å². The maximum absolute atomic E-state index is 12.0. The number of thiazole rings is 1. The highest BCUT2D eigenvalue weighted by atomic mass is 35.5. The van der Waals surface area contributed by atoms with Gasteiger partial charge in [-0.25, -0.2) is 10.0 Å². The van der Waals surface area contributed by atoms with Crippen LogP contribution in [-0.2, 0) is 11.4 Å². The van der Waals surface area contributed by atoms with Crippen LogP contribution in [0.2, 0.25) is 5.02 Å². The first-order chi connectivity index (χ1) is 10.0. The molecule has 0 spiro atoms. The van der Waals surface area contributed by atoms with Gasteiger partial charge in [0.25, 0.3) is 5.91 Å². The number of amides is 1. The lowest BCUT2D eigenvalue weighted by Crippen LogP contribution is -2.25. The van der Waals surface area contributed by atoms with Gasteiger partial charge in [0.15, 0.2) is 0 Å². The number of hydroxylamine groups is 2. The lowest BCUT2D eigenvalue weighted by molar-refractivity contribution is -0.0754. The molecule has 7 heteroatoms. The molecule has 1 aromatic heterocycles. The lowest BCUT2D eigenvalue weighted by Gasteiger charge is -2.11. The van der Waals surface area contributed by atoms with Gasteiger partial charge in [0, 0.05) is 12.1 Å². The molecule has 0 aliphatic rings. The highest BCUT2D eigenvalue weighted by Gasteiger charge is 2.19. The first-order valence-corrected chi connectivity index (χ1v) is 7.37. The van der Waals surface area contributed by atoms with Crippen LogP contribution < -0.4 is 4.74 Å². The van der Waals surface area contributed by atoms with Crippen molar-refractivity contribution in [1.82, 2.24) is 10.0 Å². The van der Waals surface area contributed by atoms with Crippen LogP contribution >= 0.6 is 22.9 Å². The van der Waals surface area contributed by atoms with Crippen LogP contribution in [0.1, 0.15) is 20.4 Å². The minimum atomic E-state index is -0.217. The van der Waals surface area contributed by atoms with E-state index in [1.807, 2.05) is 0 Å². The third-order valence-electron chi connectivity index (χ3n) is 2.77. The molecule has 5 nitrogen and oxygen atoms in total. The van der Waals surface area contributed by atoms with Gasteiger partial charge < -0.3 is 4.74 Å². The molecule has 0 aliphatic carbocycles. The van der Waals surface area contributed by atoms with E-state index in [1.165, 1.54) is 23.5 Å². The van der Waals surface area contributed by atoms with Crippen molar-refractivity contribution in [3.05, 3.63) is 44.9 Å². The maximum atomic E-state index is 12.0. The zero-order chi connectivity index (χ0) is 15.4. The van der Waals surface area contributed by atoms with Crippen LogP contribution in [0.25, 0.3) is 0 Å². The smallest absolute Gasteiger partial charge is 0.289 e. The molecule has 0 saturated heterocycles. The van der Waals surface area contributed by atoms with Crippen molar-refractivity contribution in [1.29, 1.82) is 0 Å². The molecule has 0 radical (unpaired) electrons. The summed E-state index contributed by atoms with van der Waals surface area (Å²) in [5, 5.41) is 2.56. The summed E-state index contributed by atoms with van der Waals surface area (Å²) in [6, 6.07) is 7.08. The number of carbonyl (C=O) groups excluding carboxylic acids is 1. The molecule has 0 unspecified atom stereocenters. The molecule has 112 valence electrons. The zero-order valence-corrected chi connectivity index (χ0v) is 13.5. The predicted octanol–water partition coefficient (Wildman–Crippen LogP) is 3.32. The standard InChI is InChI=1S/C14H15ClN2O3S/c1-9-13(14(18)17(2)19-3)21-12(16-9)8-20-11-6-4-10(15)5-7-11/h4-7H,8H2,1-3H3. The second kappa shape index (κ2) is 6.89. The van der Waals surface area contributed by atoms with E-state index in [-0.39, 0.29) is 5.91 Å². The van der Waals surface area contributed by atoms with E-state index in [9.17, 15) is 4.79 Å². The monoisotopic (exact) mass is 326 g/mol. The van der Waals surface area contributed by atoms with E-state index in [4.69, 9.17) is 21.2 Å². The molecule has 1 aromatic carbocycles. The molecule has 1 heterocycles. The number of aromatic nitrogens is 1. The van der Waals surface area contributed by atoms with Gasteiger partial charge >= 0.3 is 0 Å². The predicted molar refractivity (Wildman–Crippen MR) is 81.7 cm³/mol. The Hall–Kier alpha value is -1.63. The minimum Gasteiger partial charge on any atom is -0.486 e. The third-order valence-corrected chi connectivity index (χ3v) is 4.14. The van der Waals surface area contributed by atoms with Crippen molar-refractivity contribution in [2.45, 2.75) is 13.5 Å². The molecule has 0 bridgehead atoms. The van der Waals surface area contributed by atoms with Gasteiger partial charge in [0.05, 0.1) is 12.8 Å². The molecule has 0 atom stereocenters. The molecule has 21 heavy (non-hydrogen) atoms.